The lowest BCUT2D eigenvalue weighted by atomic mass is 10.0. The van der Waals surface area contributed by atoms with E-state index in [9.17, 15) is 0 Å². The first-order valence-corrected chi connectivity index (χ1v) is 17.9. The van der Waals surface area contributed by atoms with Crippen molar-refractivity contribution in [2.24, 2.45) is 0 Å². The van der Waals surface area contributed by atoms with E-state index in [-0.39, 0.29) is 0 Å². The highest BCUT2D eigenvalue weighted by molar-refractivity contribution is 6.12. The Labute approximate surface area is 299 Å². The van der Waals surface area contributed by atoms with Crippen molar-refractivity contribution in [2.45, 2.75) is 20.3 Å². The number of hydrogen-bond acceptors (Lipinski definition) is 1. The zero-order chi connectivity index (χ0) is 34.5. The molecule has 0 saturated heterocycles. The van der Waals surface area contributed by atoms with Crippen molar-refractivity contribution in [2.75, 3.05) is 0 Å². The zero-order valence-corrected chi connectivity index (χ0v) is 28.9. The minimum absolute atomic E-state index is 0.967. The van der Waals surface area contributed by atoms with Crippen LogP contribution in [0.2, 0.25) is 0 Å². The van der Waals surface area contributed by atoms with Gasteiger partial charge in [-0.2, -0.15) is 0 Å². The second-order valence-electron chi connectivity index (χ2n) is 13.9. The van der Waals surface area contributed by atoms with E-state index < -0.39 is 0 Å². The van der Waals surface area contributed by atoms with Crippen LogP contribution >= 0.6 is 0 Å². The Balaban J connectivity index is 1.10. The van der Waals surface area contributed by atoms with Gasteiger partial charge in [0, 0.05) is 67.8 Å². The average molecular weight is 671 g/mol. The number of hydrogen-bond donors (Lipinski definition) is 2. The Kier molecular flexibility index (Phi) is 6.05. The lowest BCUT2D eigenvalue weighted by Gasteiger charge is -2.14. The molecule has 0 spiro atoms. The number of aryl methyl sites for hydroxylation is 2. The van der Waals surface area contributed by atoms with Crippen molar-refractivity contribution >= 4 is 65.8 Å². The van der Waals surface area contributed by atoms with E-state index in [0.717, 1.165) is 62.4 Å². The highest BCUT2D eigenvalue weighted by Gasteiger charge is 2.20. The average Bonchev–Trinajstić information content (AvgIpc) is 4.01. The minimum atomic E-state index is 0.967. The number of aromatic nitrogens is 6. The van der Waals surface area contributed by atoms with Gasteiger partial charge in [-0.25, -0.2) is 4.98 Å². The highest BCUT2D eigenvalue weighted by atomic mass is 15.1. The summed E-state index contributed by atoms with van der Waals surface area (Å²) in [6.07, 6.45) is 6.99. The van der Waals surface area contributed by atoms with Gasteiger partial charge >= 0.3 is 0 Å². The van der Waals surface area contributed by atoms with Crippen LogP contribution in [0.3, 0.4) is 0 Å². The van der Waals surface area contributed by atoms with Gasteiger partial charge in [-0.05, 0) is 109 Å². The fraction of sp³-hybridized carbons (Fsp3) is 0.0652. The second kappa shape index (κ2) is 10.9. The Hall–Kier alpha value is -6.79. The molecule has 248 valence electrons. The number of benzene rings is 5. The zero-order valence-electron chi connectivity index (χ0n) is 28.9. The van der Waals surface area contributed by atoms with E-state index in [1.165, 1.54) is 49.1 Å². The Morgan fingerprint density at radius 2 is 1.21 bits per heavy atom. The van der Waals surface area contributed by atoms with Crippen molar-refractivity contribution in [3.63, 3.8) is 0 Å². The molecule has 0 unspecified atom stereocenters. The molecule has 6 aromatic heterocycles. The third-order valence-electron chi connectivity index (χ3n) is 10.9. The van der Waals surface area contributed by atoms with Gasteiger partial charge in [0.05, 0.1) is 22.2 Å². The van der Waals surface area contributed by atoms with E-state index in [1.807, 2.05) is 24.7 Å². The maximum atomic E-state index is 4.87. The van der Waals surface area contributed by atoms with Crippen LogP contribution in [0, 0.1) is 6.92 Å². The van der Waals surface area contributed by atoms with Crippen LogP contribution in [0.4, 0.5) is 0 Å². The molecular formula is C46H34N6. The molecule has 6 nitrogen and oxygen atoms in total. The molecule has 0 aliphatic rings. The maximum absolute atomic E-state index is 4.87. The molecule has 11 rings (SSSR count). The molecule has 0 aliphatic heterocycles. The van der Waals surface area contributed by atoms with Crippen molar-refractivity contribution < 1.29 is 0 Å². The number of para-hydroxylation sites is 1. The first-order chi connectivity index (χ1) is 25.7. The van der Waals surface area contributed by atoms with Gasteiger partial charge in [-0.15, -0.1) is 0 Å². The quantitative estimate of drug-likeness (QED) is 0.188. The summed E-state index contributed by atoms with van der Waals surface area (Å²) in [5.41, 5.74) is 15.0. The predicted octanol–water partition coefficient (Wildman–Crippen LogP) is 11.6. The molecule has 5 aromatic carbocycles. The number of aromatic amines is 2. The van der Waals surface area contributed by atoms with Crippen LogP contribution in [0.5, 0.6) is 0 Å². The molecule has 52 heavy (non-hydrogen) atoms. The maximum Gasteiger partial charge on any atom is 0.145 e. The van der Waals surface area contributed by atoms with E-state index in [1.54, 1.807) is 0 Å². The van der Waals surface area contributed by atoms with E-state index >= 15 is 0 Å². The second-order valence-corrected chi connectivity index (χ2v) is 13.9. The van der Waals surface area contributed by atoms with Gasteiger partial charge in [-0.1, -0.05) is 55.0 Å². The molecule has 0 aliphatic carbocycles. The Morgan fingerprint density at radius 1 is 0.538 bits per heavy atom. The van der Waals surface area contributed by atoms with Crippen LogP contribution in [0.25, 0.3) is 94.0 Å². The lowest BCUT2D eigenvalue weighted by Crippen LogP contribution is -1.99. The minimum Gasteiger partial charge on any atom is -0.347 e. The van der Waals surface area contributed by atoms with Gasteiger partial charge in [-0.3, -0.25) is 13.7 Å². The molecule has 6 heteroatoms. The predicted molar refractivity (Wildman–Crippen MR) is 216 cm³/mol. The van der Waals surface area contributed by atoms with Crippen molar-refractivity contribution in [1.82, 2.24) is 28.7 Å². The summed E-state index contributed by atoms with van der Waals surface area (Å²) in [5.74, 6) is 0. The summed E-state index contributed by atoms with van der Waals surface area (Å²) in [6.45, 7) is 4.35. The van der Waals surface area contributed by atoms with E-state index in [4.69, 9.17) is 4.98 Å². The summed E-state index contributed by atoms with van der Waals surface area (Å²) in [7, 11) is 0. The van der Waals surface area contributed by atoms with Gasteiger partial charge in [0.1, 0.15) is 16.9 Å². The van der Waals surface area contributed by atoms with Crippen LogP contribution in [-0.4, -0.2) is 28.7 Å². The molecule has 0 fully saturated rings. The Bertz CT molecular complexity index is 3180. The normalized spacial score (nSPS) is 12.1. The number of fused-ring (bicyclic) bond motifs is 9. The van der Waals surface area contributed by atoms with Gasteiger partial charge in [0.2, 0.25) is 0 Å². The summed E-state index contributed by atoms with van der Waals surface area (Å²) in [4.78, 5) is 12.0. The molecule has 0 atom stereocenters. The molecule has 0 bridgehead atoms. The number of nitrogens with zero attached hydrogens (tertiary/aromatic N) is 4. The monoisotopic (exact) mass is 670 g/mol. The van der Waals surface area contributed by atoms with Crippen LogP contribution in [0.15, 0.2) is 146 Å². The first kappa shape index (κ1) is 29.0. The number of rotatable bonds is 5. The molecule has 0 saturated carbocycles. The number of pyridine rings is 1. The standard InChI is InChI=1S/C46H34N6/c1-3-29-11-14-31(15-12-29)50-42-18-13-30(26-38(42)34-8-6-22-47-44(34)50)33-7-4-5-9-40(33)52-43-19-16-32(27-39(43)36-21-24-49-46(36)52)51-41-17-10-28(2)25-37(41)35-20-23-48-45(35)51/h4-27,48-49H,3H2,1-2H3. The van der Waals surface area contributed by atoms with Gasteiger partial charge in [0.15, 0.2) is 0 Å². The summed E-state index contributed by atoms with van der Waals surface area (Å²) < 4.78 is 7.02. The highest BCUT2D eigenvalue weighted by Crippen LogP contribution is 2.40. The molecule has 0 radical (unpaired) electrons. The molecule has 6 heterocycles. The topological polar surface area (TPSA) is 59.3 Å². The fourth-order valence-electron chi connectivity index (χ4n) is 8.49. The Morgan fingerprint density at radius 3 is 2.04 bits per heavy atom. The molecule has 11 aromatic rings. The third kappa shape index (κ3) is 4.03. The summed E-state index contributed by atoms with van der Waals surface area (Å²) in [5, 5.41) is 7.23. The van der Waals surface area contributed by atoms with Gasteiger partial charge in [0.25, 0.3) is 0 Å². The van der Waals surface area contributed by atoms with Crippen LogP contribution in [-0.2, 0) is 6.42 Å². The molecular weight excluding hydrogens is 637 g/mol. The third-order valence-corrected chi connectivity index (χ3v) is 10.9. The van der Waals surface area contributed by atoms with Crippen molar-refractivity contribution in [1.29, 1.82) is 0 Å². The van der Waals surface area contributed by atoms with Gasteiger partial charge < -0.3 is 9.97 Å². The largest absolute Gasteiger partial charge is 0.347 e. The number of H-pyrrole nitrogens is 2. The summed E-state index contributed by atoms with van der Waals surface area (Å²) >= 11 is 0. The van der Waals surface area contributed by atoms with E-state index in [2.05, 4.69) is 159 Å². The van der Waals surface area contributed by atoms with Crippen LogP contribution in [0.1, 0.15) is 18.1 Å². The lowest BCUT2D eigenvalue weighted by molar-refractivity contribution is 1.10. The van der Waals surface area contributed by atoms with Crippen molar-refractivity contribution in [3.8, 4) is 28.2 Å². The molecule has 0 amide bonds. The SMILES string of the molecule is CCc1ccc(-n2c3ccc(-c4ccccc4-n4c5ccc(-n6c7ccc(C)cc7c7cc[nH]c76)cc5c5cc[nH]c54)cc3c3cccnc32)cc1. The molecule has 2 N–H and O–H groups in total. The first-order valence-electron chi connectivity index (χ1n) is 17.9. The van der Waals surface area contributed by atoms with Crippen LogP contribution < -0.4 is 0 Å². The van der Waals surface area contributed by atoms with Crippen molar-refractivity contribution in [3.05, 3.63) is 157 Å². The fourth-order valence-corrected chi connectivity index (χ4v) is 8.49. The summed E-state index contributed by atoms with van der Waals surface area (Å²) in [6, 6.07) is 46.6. The van der Waals surface area contributed by atoms with E-state index in [0.29, 0.717) is 0 Å². The number of nitrogens with one attached hydrogen (secondary N) is 2. The smallest absolute Gasteiger partial charge is 0.145 e.